The second-order valence-electron chi connectivity index (χ2n) is 8.24. The minimum atomic E-state index is -0.215. The molecule has 1 aliphatic heterocycles. The molecule has 5 N–H and O–H groups in total. The molecule has 2 aromatic heterocycles. The average Bonchev–Trinajstić information content (AvgIpc) is 2.90. The molecule has 0 unspecified atom stereocenters. The first-order valence-corrected chi connectivity index (χ1v) is 11.7. The Morgan fingerprint density at radius 3 is 2.60 bits per heavy atom. The third kappa shape index (κ3) is 5.91. The fraction of sp³-hybridized carbons (Fsp3) is 0.360. The highest BCUT2D eigenvalue weighted by atomic mass is 16.5. The first-order valence-electron chi connectivity index (χ1n) is 11.7. The second-order valence-corrected chi connectivity index (χ2v) is 8.24. The van der Waals surface area contributed by atoms with E-state index in [9.17, 15) is 9.90 Å². The van der Waals surface area contributed by atoms with E-state index in [0.717, 1.165) is 35.6 Å². The quantitative estimate of drug-likeness (QED) is 0.364. The Kier molecular flexibility index (Phi) is 8.19. The van der Waals surface area contributed by atoms with Crippen LogP contribution in [-0.2, 0) is 11.2 Å². The smallest absolute Gasteiger partial charge is 0.189 e. The molecule has 0 saturated carbocycles. The SMILES string of the molecule is NCCN(CCO)c1ccc(-c2cnc(N)c(C(=O)Cc3cnccc3N3CCOCC3)n2)cc1. The van der Waals surface area contributed by atoms with Crippen LogP contribution in [0.25, 0.3) is 11.3 Å². The summed E-state index contributed by atoms with van der Waals surface area (Å²) < 4.78 is 5.45. The van der Waals surface area contributed by atoms with Crippen molar-refractivity contribution in [3.63, 3.8) is 0 Å². The number of nitrogen functional groups attached to an aromatic ring is 1. The minimum Gasteiger partial charge on any atom is -0.395 e. The lowest BCUT2D eigenvalue weighted by Gasteiger charge is -2.30. The number of pyridine rings is 1. The predicted molar refractivity (Wildman–Crippen MR) is 136 cm³/mol. The van der Waals surface area contributed by atoms with Crippen LogP contribution >= 0.6 is 0 Å². The molecule has 1 aromatic carbocycles. The summed E-state index contributed by atoms with van der Waals surface area (Å²) in [5, 5.41) is 9.31. The number of anilines is 3. The largest absolute Gasteiger partial charge is 0.395 e. The zero-order valence-corrected chi connectivity index (χ0v) is 19.6. The molecule has 0 bridgehead atoms. The number of morpholine rings is 1. The fourth-order valence-corrected chi connectivity index (χ4v) is 4.16. The van der Waals surface area contributed by atoms with Crippen LogP contribution in [0.2, 0.25) is 0 Å². The molecule has 10 nitrogen and oxygen atoms in total. The van der Waals surface area contributed by atoms with Gasteiger partial charge in [-0.2, -0.15) is 0 Å². The summed E-state index contributed by atoms with van der Waals surface area (Å²) >= 11 is 0. The molecule has 0 amide bonds. The third-order valence-corrected chi connectivity index (χ3v) is 5.94. The van der Waals surface area contributed by atoms with Gasteiger partial charge in [-0.05, 0) is 18.2 Å². The van der Waals surface area contributed by atoms with Gasteiger partial charge in [0.15, 0.2) is 11.6 Å². The lowest BCUT2D eigenvalue weighted by molar-refractivity contribution is 0.0988. The van der Waals surface area contributed by atoms with Gasteiger partial charge in [-0.25, -0.2) is 9.97 Å². The maximum absolute atomic E-state index is 13.2. The van der Waals surface area contributed by atoms with Crippen molar-refractivity contribution in [1.82, 2.24) is 15.0 Å². The van der Waals surface area contributed by atoms with Gasteiger partial charge >= 0.3 is 0 Å². The number of carbonyl (C=O) groups is 1. The summed E-state index contributed by atoms with van der Waals surface area (Å²) in [4.78, 5) is 30.5. The number of benzene rings is 1. The molecule has 35 heavy (non-hydrogen) atoms. The number of ketones is 1. The molecule has 10 heteroatoms. The van der Waals surface area contributed by atoms with Crippen molar-refractivity contribution in [2.75, 3.05) is 68.1 Å². The van der Waals surface area contributed by atoms with E-state index in [1.807, 2.05) is 35.2 Å². The van der Waals surface area contributed by atoms with E-state index < -0.39 is 0 Å². The van der Waals surface area contributed by atoms with Gasteiger partial charge in [-0.1, -0.05) is 12.1 Å². The fourth-order valence-electron chi connectivity index (χ4n) is 4.16. The summed E-state index contributed by atoms with van der Waals surface area (Å²) in [5.74, 6) is -0.114. The van der Waals surface area contributed by atoms with Crippen molar-refractivity contribution in [2.45, 2.75) is 6.42 Å². The number of aliphatic hydroxyl groups excluding tert-OH is 1. The van der Waals surface area contributed by atoms with Crippen molar-refractivity contribution >= 4 is 23.0 Å². The van der Waals surface area contributed by atoms with Gasteiger partial charge in [0.1, 0.15) is 5.69 Å². The van der Waals surface area contributed by atoms with Gasteiger partial charge in [0.2, 0.25) is 0 Å². The highest BCUT2D eigenvalue weighted by Gasteiger charge is 2.20. The maximum atomic E-state index is 13.2. The van der Waals surface area contributed by atoms with Gasteiger partial charge < -0.3 is 31.1 Å². The van der Waals surface area contributed by atoms with Crippen LogP contribution in [0, 0.1) is 0 Å². The van der Waals surface area contributed by atoms with E-state index >= 15 is 0 Å². The lowest BCUT2D eigenvalue weighted by Crippen LogP contribution is -2.37. The molecule has 0 spiro atoms. The summed E-state index contributed by atoms with van der Waals surface area (Å²) in [5.41, 5.74) is 16.0. The van der Waals surface area contributed by atoms with Gasteiger partial charge in [-0.3, -0.25) is 9.78 Å². The van der Waals surface area contributed by atoms with Gasteiger partial charge in [0.05, 0.1) is 31.7 Å². The molecule has 1 fully saturated rings. The number of carbonyl (C=O) groups excluding carboxylic acids is 1. The Morgan fingerprint density at radius 1 is 1.11 bits per heavy atom. The zero-order chi connectivity index (χ0) is 24.6. The number of ether oxygens (including phenoxy) is 1. The Balaban J connectivity index is 1.55. The summed E-state index contributed by atoms with van der Waals surface area (Å²) in [6, 6.07) is 9.60. The first-order chi connectivity index (χ1) is 17.1. The molecule has 4 rings (SSSR count). The normalized spacial score (nSPS) is 13.6. The Morgan fingerprint density at radius 2 is 1.89 bits per heavy atom. The van der Waals surface area contributed by atoms with E-state index in [0.29, 0.717) is 38.5 Å². The number of nitrogens with two attached hydrogens (primary N) is 2. The molecule has 3 aromatic rings. The summed E-state index contributed by atoms with van der Waals surface area (Å²) in [7, 11) is 0. The molecule has 0 radical (unpaired) electrons. The van der Waals surface area contributed by atoms with E-state index in [1.165, 1.54) is 0 Å². The molecule has 3 heterocycles. The van der Waals surface area contributed by atoms with Gasteiger partial charge in [0.25, 0.3) is 0 Å². The van der Waals surface area contributed by atoms with Crippen molar-refractivity contribution < 1.29 is 14.6 Å². The molecule has 0 atom stereocenters. The third-order valence-electron chi connectivity index (χ3n) is 5.94. The Hall–Kier alpha value is -3.60. The Labute approximate surface area is 204 Å². The zero-order valence-electron chi connectivity index (χ0n) is 19.6. The number of rotatable bonds is 10. The number of nitrogens with zero attached hydrogens (tertiary/aromatic N) is 5. The summed E-state index contributed by atoms with van der Waals surface area (Å²) in [6.45, 7) is 4.50. The van der Waals surface area contributed by atoms with Crippen LogP contribution < -0.4 is 21.3 Å². The highest BCUT2D eigenvalue weighted by Crippen LogP contribution is 2.25. The number of aromatic nitrogens is 3. The average molecular weight is 478 g/mol. The molecular weight excluding hydrogens is 446 g/mol. The van der Waals surface area contributed by atoms with Crippen molar-refractivity contribution in [2.24, 2.45) is 5.73 Å². The summed E-state index contributed by atoms with van der Waals surface area (Å²) in [6.07, 6.45) is 5.13. The molecule has 1 saturated heterocycles. The number of aliphatic hydroxyl groups is 1. The Bertz CT molecular complexity index is 1130. The van der Waals surface area contributed by atoms with E-state index in [4.69, 9.17) is 16.2 Å². The van der Waals surface area contributed by atoms with Crippen LogP contribution in [0.3, 0.4) is 0 Å². The number of hydrogen-bond acceptors (Lipinski definition) is 10. The molecule has 0 aliphatic carbocycles. The number of Topliss-reactive ketones (excluding diaryl/α,β-unsaturated/α-hetero) is 1. The highest BCUT2D eigenvalue weighted by molar-refractivity contribution is 6.00. The molecule has 1 aliphatic rings. The van der Waals surface area contributed by atoms with Crippen molar-refractivity contribution in [1.29, 1.82) is 0 Å². The monoisotopic (exact) mass is 477 g/mol. The molecule has 184 valence electrons. The standard InChI is InChI=1S/C25H31N7O3/c26-6-8-31(9-12-33)20-3-1-18(2-4-20)21-17-29-25(27)24(30-21)23(34)15-19-16-28-7-5-22(19)32-10-13-35-14-11-32/h1-5,7,16-17,33H,6,8-15,26H2,(H2,27,29). The second kappa shape index (κ2) is 11.7. The number of hydrogen-bond donors (Lipinski definition) is 3. The van der Waals surface area contributed by atoms with Crippen LogP contribution in [0.4, 0.5) is 17.2 Å². The topological polar surface area (TPSA) is 144 Å². The van der Waals surface area contributed by atoms with Gasteiger partial charge in [-0.15, -0.1) is 0 Å². The van der Waals surface area contributed by atoms with E-state index in [-0.39, 0.29) is 30.3 Å². The molecular formula is C25H31N7O3. The van der Waals surface area contributed by atoms with Crippen LogP contribution in [-0.4, -0.2) is 78.4 Å². The maximum Gasteiger partial charge on any atom is 0.189 e. The van der Waals surface area contributed by atoms with E-state index in [2.05, 4.69) is 19.9 Å². The first kappa shape index (κ1) is 24.5. The van der Waals surface area contributed by atoms with Crippen molar-refractivity contribution in [3.05, 3.63) is 60.2 Å². The lowest BCUT2D eigenvalue weighted by atomic mass is 10.1. The van der Waals surface area contributed by atoms with E-state index in [1.54, 1.807) is 18.6 Å². The van der Waals surface area contributed by atoms with Crippen molar-refractivity contribution in [3.8, 4) is 11.3 Å². The van der Waals surface area contributed by atoms with Gasteiger partial charge in [0, 0.05) is 74.0 Å². The van der Waals surface area contributed by atoms with Crippen LogP contribution in [0.1, 0.15) is 16.1 Å². The van der Waals surface area contributed by atoms with Crippen LogP contribution in [0.15, 0.2) is 48.9 Å². The minimum absolute atomic E-state index is 0.0425. The van der Waals surface area contributed by atoms with Crippen LogP contribution in [0.5, 0.6) is 0 Å². The predicted octanol–water partition coefficient (Wildman–Crippen LogP) is 1.14.